The molecule has 1 amide bonds. The molecule has 0 saturated heterocycles. The van der Waals surface area contributed by atoms with E-state index in [-0.39, 0.29) is 11.9 Å². The summed E-state index contributed by atoms with van der Waals surface area (Å²) in [5.41, 5.74) is 3.12. The van der Waals surface area contributed by atoms with Gasteiger partial charge in [-0.3, -0.25) is 4.79 Å². The fourth-order valence-corrected chi connectivity index (χ4v) is 3.03. The van der Waals surface area contributed by atoms with Crippen LogP contribution >= 0.6 is 0 Å². The number of imidazole rings is 1. The van der Waals surface area contributed by atoms with Crippen molar-refractivity contribution < 1.29 is 14.3 Å². The lowest BCUT2D eigenvalue weighted by Gasteiger charge is -2.17. The number of pyridine rings is 1. The van der Waals surface area contributed by atoms with Gasteiger partial charge in [0.2, 0.25) is 5.88 Å². The quantitative estimate of drug-likeness (QED) is 0.611. The molecule has 10 nitrogen and oxygen atoms in total. The number of methoxy groups -OCH3 is 1. The molecule has 3 N–H and O–H groups in total. The second-order valence-corrected chi connectivity index (χ2v) is 6.49. The van der Waals surface area contributed by atoms with E-state index in [2.05, 4.69) is 31.0 Å². The number of nitrogens with zero attached hydrogens (tertiary/aromatic N) is 4. The molecule has 1 atom stereocenters. The summed E-state index contributed by atoms with van der Waals surface area (Å²) in [6.07, 6.45) is 3.20. The smallest absolute Gasteiger partial charge is 0.271 e. The fourth-order valence-electron chi connectivity index (χ4n) is 3.03. The van der Waals surface area contributed by atoms with Crippen LogP contribution in [0.25, 0.3) is 5.65 Å². The van der Waals surface area contributed by atoms with E-state index >= 15 is 0 Å². The van der Waals surface area contributed by atoms with Crippen LogP contribution in [0.1, 0.15) is 23.0 Å². The van der Waals surface area contributed by atoms with Crippen molar-refractivity contribution in [1.82, 2.24) is 24.9 Å². The van der Waals surface area contributed by atoms with E-state index in [0.29, 0.717) is 41.9 Å². The third kappa shape index (κ3) is 3.29. The Morgan fingerprint density at radius 3 is 2.96 bits per heavy atom. The van der Waals surface area contributed by atoms with Crippen LogP contribution in [-0.2, 0) is 11.3 Å². The lowest BCUT2D eigenvalue weighted by Crippen LogP contribution is -2.36. The van der Waals surface area contributed by atoms with E-state index in [1.807, 2.05) is 13.0 Å². The van der Waals surface area contributed by atoms with Crippen molar-refractivity contribution in [2.75, 3.05) is 31.4 Å². The minimum absolute atomic E-state index is 0.184. The molecular weight excluding hydrogens is 362 g/mol. The van der Waals surface area contributed by atoms with Gasteiger partial charge in [-0.1, -0.05) is 0 Å². The summed E-state index contributed by atoms with van der Waals surface area (Å²) in [6, 6.07) is 3.53. The number of hydrogen-bond donors (Lipinski definition) is 3. The Hall–Kier alpha value is -3.40. The Morgan fingerprint density at radius 2 is 2.18 bits per heavy atom. The molecule has 4 rings (SSSR count). The number of carbonyl (C=O) groups excluding carboxylic acids is 1. The van der Waals surface area contributed by atoms with E-state index in [1.165, 1.54) is 10.7 Å². The Labute approximate surface area is 161 Å². The topological polar surface area (TPSA) is 115 Å². The first kappa shape index (κ1) is 18.0. The van der Waals surface area contributed by atoms with E-state index in [9.17, 15) is 4.79 Å². The van der Waals surface area contributed by atoms with Crippen molar-refractivity contribution in [2.24, 2.45) is 0 Å². The molecule has 0 unspecified atom stereocenters. The van der Waals surface area contributed by atoms with E-state index < -0.39 is 0 Å². The molecule has 1 aliphatic heterocycles. The van der Waals surface area contributed by atoms with Crippen molar-refractivity contribution in [2.45, 2.75) is 19.6 Å². The van der Waals surface area contributed by atoms with Gasteiger partial charge in [-0.25, -0.2) is 14.5 Å². The molecule has 146 valence electrons. The van der Waals surface area contributed by atoms with Gasteiger partial charge in [0.1, 0.15) is 5.69 Å². The zero-order valence-electron chi connectivity index (χ0n) is 15.8. The molecule has 28 heavy (non-hydrogen) atoms. The van der Waals surface area contributed by atoms with Gasteiger partial charge in [0, 0.05) is 25.4 Å². The molecule has 1 aliphatic rings. The minimum Gasteiger partial charge on any atom is -0.480 e. The number of ether oxygens (including phenoxy) is 2. The van der Waals surface area contributed by atoms with Crippen LogP contribution in [0, 0.1) is 0 Å². The number of fused-ring (bicyclic) bond motifs is 3. The third-order valence-electron chi connectivity index (χ3n) is 4.35. The molecule has 0 spiro atoms. The van der Waals surface area contributed by atoms with Crippen LogP contribution in [0.2, 0.25) is 0 Å². The molecular formula is C18H21N7O3. The normalized spacial score (nSPS) is 17.0. The summed E-state index contributed by atoms with van der Waals surface area (Å²) in [7, 11) is 3.34. The van der Waals surface area contributed by atoms with Gasteiger partial charge in [0.05, 0.1) is 32.2 Å². The molecule has 3 aromatic rings. The molecule has 0 aromatic carbocycles. The van der Waals surface area contributed by atoms with Crippen molar-refractivity contribution in [3.63, 3.8) is 0 Å². The van der Waals surface area contributed by atoms with Gasteiger partial charge < -0.3 is 25.4 Å². The highest BCUT2D eigenvalue weighted by Gasteiger charge is 2.19. The van der Waals surface area contributed by atoms with Crippen LogP contribution < -0.4 is 20.7 Å². The highest BCUT2D eigenvalue weighted by molar-refractivity contribution is 5.94. The third-order valence-corrected chi connectivity index (χ3v) is 4.35. The largest absolute Gasteiger partial charge is 0.480 e. The summed E-state index contributed by atoms with van der Waals surface area (Å²) >= 11 is 0. The summed E-state index contributed by atoms with van der Waals surface area (Å²) in [5, 5.41) is 13.8. The minimum atomic E-state index is -0.273. The number of carbonyl (C=O) groups is 1. The lowest BCUT2D eigenvalue weighted by atomic mass is 10.2. The van der Waals surface area contributed by atoms with Crippen molar-refractivity contribution in [3.05, 3.63) is 35.8 Å². The number of nitrogens with one attached hydrogen (secondary N) is 3. The first-order chi connectivity index (χ1) is 13.6. The molecule has 3 aromatic heterocycles. The van der Waals surface area contributed by atoms with Gasteiger partial charge >= 0.3 is 0 Å². The molecule has 0 saturated carbocycles. The number of rotatable bonds is 2. The predicted molar refractivity (Wildman–Crippen MR) is 103 cm³/mol. The van der Waals surface area contributed by atoms with Crippen LogP contribution in [-0.4, -0.2) is 52.3 Å². The average molecular weight is 383 g/mol. The zero-order valence-corrected chi connectivity index (χ0v) is 15.8. The highest BCUT2D eigenvalue weighted by Crippen LogP contribution is 2.28. The molecule has 4 bridgehead atoms. The fraction of sp³-hybridized carbons (Fsp3) is 0.333. The van der Waals surface area contributed by atoms with Crippen LogP contribution in [0.15, 0.2) is 24.5 Å². The Kier molecular flexibility index (Phi) is 4.70. The monoisotopic (exact) mass is 383 g/mol. The predicted octanol–water partition coefficient (Wildman–Crippen LogP) is 1.57. The standard InChI is InChI=1S/C18H21N7O3/c1-10-8-28-9-11-4-13(18(27-3)21-6-11)23-15-5-12(19-2)16-20-7-14(17(26)22-10)25(16)24-15/h4-7,10,19H,8-9H2,1-3H3,(H,22,26)(H,23,24)/t10-/m1/s1. The first-order valence-electron chi connectivity index (χ1n) is 8.84. The van der Waals surface area contributed by atoms with Gasteiger partial charge in [0.25, 0.3) is 5.91 Å². The summed E-state index contributed by atoms with van der Waals surface area (Å²) < 4.78 is 12.6. The maximum Gasteiger partial charge on any atom is 0.271 e. The van der Waals surface area contributed by atoms with Gasteiger partial charge in [-0.05, 0) is 18.6 Å². The maximum atomic E-state index is 12.7. The summed E-state index contributed by atoms with van der Waals surface area (Å²) in [4.78, 5) is 21.4. The van der Waals surface area contributed by atoms with Crippen molar-refractivity contribution in [1.29, 1.82) is 0 Å². The van der Waals surface area contributed by atoms with E-state index in [4.69, 9.17) is 9.47 Å². The molecule has 4 heterocycles. The Bertz CT molecular complexity index is 1030. The maximum absolute atomic E-state index is 12.7. The van der Waals surface area contributed by atoms with E-state index in [1.54, 1.807) is 26.4 Å². The van der Waals surface area contributed by atoms with Gasteiger partial charge in [-0.15, -0.1) is 5.10 Å². The molecule has 0 fully saturated rings. The van der Waals surface area contributed by atoms with E-state index in [0.717, 1.165) is 11.3 Å². The average Bonchev–Trinajstić information content (AvgIpc) is 3.11. The molecule has 10 heteroatoms. The van der Waals surface area contributed by atoms with Gasteiger partial charge in [0.15, 0.2) is 17.2 Å². The summed E-state index contributed by atoms with van der Waals surface area (Å²) in [6.45, 7) is 2.60. The Balaban J connectivity index is 1.88. The zero-order chi connectivity index (χ0) is 19.7. The number of hydrogen-bond acceptors (Lipinski definition) is 8. The van der Waals surface area contributed by atoms with Crippen molar-refractivity contribution >= 4 is 28.7 Å². The number of anilines is 3. The second-order valence-electron chi connectivity index (χ2n) is 6.49. The lowest BCUT2D eigenvalue weighted by molar-refractivity contribution is 0.0814. The number of amides is 1. The SMILES string of the molecule is CNc1cc2nn3c(cnc13)C(=O)N[C@H](C)COCc1cnc(OC)c(c1)N2. The van der Waals surface area contributed by atoms with Crippen LogP contribution in [0.3, 0.4) is 0 Å². The Morgan fingerprint density at radius 1 is 1.32 bits per heavy atom. The van der Waals surface area contributed by atoms with Crippen LogP contribution in [0.4, 0.5) is 17.2 Å². The first-order valence-corrected chi connectivity index (χ1v) is 8.84. The second kappa shape index (κ2) is 7.31. The van der Waals surface area contributed by atoms with Gasteiger partial charge in [-0.2, -0.15) is 0 Å². The van der Waals surface area contributed by atoms with Crippen LogP contribution in [0.5, 0.6) is 5.88 Å². The molecule has 0 radical (unpaired) electrons. The molecule has 0 aliphatic carbocycles. The van der Waals surface area contributed by atoms with Crippen molar-refractivity contribution in [3.8, 4) is 5.88 Å². The summed E-state index contributed by atoms with van der Waals surface area (Å²) in [5.74, 6) is 0.665. The highest BCUT2D eigenvalue weighted by atomic mass is 16.5. The number of aromatic nitrogens is 4.